The van der Waals surface area contributed by atoms with Crippen molar-refractivity contribution in [2.45, 2.75) is 45.2 Å². The first-order valence-corrected chi connectivity index (χ1v) is 4.81. The zero-order chi connectivity index (χ0) is 11.1. The molecule has 0 aliphatic rings. The van der Waals surface area contributed by atoms with Crippen molar-refractivity contribution in [1.82, 2.24) is 5.32 Å². The summed E-state index contributed by atoms with van der Waals surface area (Å²) in [6.45, 7) is 3.64. The van der Waals surface area contributed by atoms with E-state index in [-0.39, 0.29) is 0 Å². The van der Waals surface area contributed by atoms with Crippen LogP contribution in [0.4, 0.5) is 0 Å². The Balaban J connectivity index is 4.15. The molecule has 14 heavy (non-hydrogen) atoms. The number of carboxylic acids is 1. The second kappa shape index (κ2) is 6.37. The molecular weight excluding hydrogens is 184 g/mol. The third-order valence-corrected chi connectivity index (χ3v) is 1.97. The monoisotopic (exact) mass is 202 g/mol. The average Bonchev–Trinajstić information content (AvgIpc) is 2.15. The van der Waals surface area contributed by atoms with Gasteiger partial charge in [-0.2, -0.15) is 0 Å². The Bertz CT molecular complexity index is 206. The van der Waals surface area contributed by atoms with Gasteiger partial charge in [-0.25, -0.2) is 4.79 Å². The smallest absolute Gasteiger partial charge is 0.326 e. The lowest BCUT2D eigenvalue weighted by atomic mass is 10.1. The number of carbonyl (C=O) groups excluding carboxylic acids is 1. The van der Waals surface area contributed by atoms with E-state index in [1.54, 1.807) is 6.92 Å². The van der Waals surface area contributed by atoms with Gasteiger partial charge in [0.25, 0.3) is 0 Å². The molecule has 0 aromatic carbocycles. The lowest BCUT2D eigenvalue weighted by Crippen LogP contribution is -2.48. The van der Waals surface area contributed by atoms with Crippen molar-refractivity contribution in [3.8, 4) is 0 Å². The molecule has 0 fully saturated rings. The number of carbonyl (C=O) groups is 2. The van der Waals surface area contributed by atoms with Crippen molar-refractivity contribution in [3.63, 3.8) is 0 Å². The van der Waals surface area contributed by atoms with Gasteiger partial charge in [0, 0.05) is 0 Å². The van der Waals surface area contributed by atoms with E-state index in [1.165, 1.54) is 0 Å². The van der Waals surface area contributed by atoms with Gasteiger partial charge in [-0.3, -0.25) is 4.79 Å². The van der Waals surface area contributed by atoms with E-state index in [0.29, 0.717) is 19.3 Å². The maximum Gasteiger partial charge on any atom is 0.326 e. The molecule has 1 unspecified atom stereocenters. The zero-order valence-corrected chi connectivity index (χ0v) is 8.62. The molecular formula is C9H18N2O3. The molecule has 0 rings (SSSR count). The van der Waals surface area contributed by atoms with E-state index < -0.39 is 24.0 Å². The molecule has 0 aliphatic carbocycles. The van der Waals surface area contributed by atoms with Gasteiger partial charge in [-0.05, 0) is 12.8 Å². The van der Waals surface area contributed by atoms with Crippen LogP contribution in [0.1, 0.15) is 33.1 Å². The van der Waals surface area contributed by atoms with E-state index in [1.807, 2.05) is 6.92 Å². The predicted molar refractivity (Wildman–Crippen MR) is 52.7 cm³/mol. The van der Waals surface area contributed by atoms with E-state index >= 15 is 0 Å². The minimum atomic E-state index is -1.01. The SMILES string of the molecule is CCC[C@H](NC(=O)C(N)CC)C(=O)O. The molecule has 5 heteroatoms. The zero-order valence-electron chi connectivity index (χ0n) is 8.62. The van der Waals surface area contributed by atoms with Gasteiger partial charge in [-0.15, -0.1) is 0 Å². The molecule has 0 saturated carbocycles. The van der Waals surface area contributed by atoms with Crippen LogP contribution in [-0.2, 0) is 9.59 Å². The highest BCUT2D eigenvalue weighted by Crippen LogP contribution is 1.98. The van der Waals surface area contributed by atoms with Crippen LogP contribution >= 0.6 is 0 Å². The minimum absolute atomic E-state index is 0.395. The first-order chi connectivity index (χ1) is 6.52. The topological polar surface area (TPSA) is 92.4 Å². The number of hydrogen-bond acceptors (Lipinski definition) is 3. The second-order valence-electron chi connectivity index (χ2n) is 3.20. The number of nitrogens with one attached hydrogen (secondary N) is 1. The quantitative estimate of drug-likeness (QED) is 0.569. The summed E-state index contributed by atoms with van der Waals surface area (Å²) in [6.07, 6.45) is 1.64. The van der Waals surface area contributed by atoms with Gasteiger partial charge in [0.15, 0.2) is 0 Å². The summed E-state index contributed by atoms with van der Waals surface area (Å²) >= 11 is 0. The van der Waals surface area contributed by atoms with Crippen LogP contribution in [0.15, 0.2) is 0 Å². The van der Waals surface area contributed by atoms with Crippen molar-refractivity contribution in [2.75, 3.05) is 0 Å². The molecule has 0 heterocycles. The Morgan fingerprint density at radius 3 is 2.36 bits per heavy atom. The van der Waals surface area contributed by atoms with Crippen LogP contribution in [0, 0.1) is 0 Å². The van der Waals surface area contributed by atoms with Crippen molar-refractivity contribution >= 4 is 11.9 Å². The van der Waals surface area contributed by atoms with E-state index in [4.69, 9.17) is 10.8 Å². The van der Waals surface area contributed by atoms with Crippen LogP contribution < -0.4 is 11.1 Å². The standard InChI is InChI=1S/C9H18N2O3/c1-3-5-7(9(13)14)11-8(12)6(10)4-2/h6-7H,3-5,10H2,1-2H3,(H,11,12)(H,13,14)/t6?,7-/m0/s1. The highest BCUT2D eigenvalue weighted by Gasteiger charge is 2.21. The largest absolute Gasteiger partial charge is 0.480 e. The molecule has 2 atom stereocenters. The Labute approximate surface area is 83.7 Å². The third-order valence-electron chi connectivity index (χ3n) is 1.97. The van der Waals surface area contributed by atoms with Crippen molar-refractivity contribution in [1.29, 1.82) is 0 Å². The molecule has 0 aliphatic heterocycles. The number of rotatable bonds is 6. The number of hydrogen-bond donors (Lipinski definition) is 3. The maximum atomic E-state index is 11.3. The normalized spacial score (nSPS) is 14.5. The molecule has 1 amide bonds. The first kappa shape index (κ1) is 12.9. The molecule has 4 N–H and O–H groups in total. The fourth-order valence-corrected chi connectivity index (χ4v) is 1.01. The van der Waals surface area contributed by atoms with Crippen molar-refractivity contribution in [2.24, 2.45) is 5.73 Å². The highest BCUT2D eigenvalue weighted by atomic mass is 16.4. The van der Waals surface area contributed by atoms with Crippen LogP contribution in [-0.4, -0.2) is 29.1 Å². The van der Waals surface area contributed by atoms with E-state index in [0.717, 1.165) is 0 Å². The Morgan fingerprint density at radius 2 is 2.00 bits per heavy atom. The molecule has 0 bridgehead atoms. The first-order valence-electron chi connectivity index (χ1n) is 4.81. The summed E-state index contributed by atoms with van der Waals surface area (Å²) in [6, 6.07) is -1.43. The fraction of sp³-hybridized carbons (Fsp3) is 0.778. The van der Waals surface area contributed by atoms with Gasteiger partial charge in [0.2, 0.25) is 5.91 Å². The molecule has 0 aromatic heterocycles. The molecule has 0 radical (unpaired) electrons. The average molecular weight is 202 g/mol. The van der Waals surface area contributed by atoms with Crippen LogP contribution in [0.3, 0.4) is 0 Å². The predicted octanol–water partition coefficient (Wildman–Crippen LogP) is 0.0932. The third kappa shape index (κ3) is 4.23. The van der Waals surface area contributed by atoms with Gasteiger partial charge in [0.1, 0.15) is 6.04 Å². The number of aliphatic carboxylic acids is 1. The molecule has 0 saturated heterocycles. The Kier molecular flexibility index (Phi) is 5.87. The summed E-state index contributed by atoms with van der Waals surface area (Å²) in [7, 11) is 0. The molecule has 5 nitrogen and oxygen atoms in total. The number of carboxylic acid groups (broad SMARTS) is 1. The summed E-state index contributed by atoms with van der Waals surface area (Å²) < 4.78 is 0. The van der Waals surface area contributed by atoms with Crippen molar-refractivity contribution in [3.05, 3.63) is 0 Å². The number of amides is 1. The van der Waals surface area contributed by atoms with Crippen LogP contribution in [0.25, 0.3) is 0 Å². The van der Waals surface area contributed by atoms with E-state index in [9.17, 15) is 9.59 Å². The summed E-state index contributed by atoms with van der Waals surface area (Å²) in [5.74, 6) is -1.41. The maximum absolute atomic E-state index is 11.3. The fourth-order valence-electron chi connectivity index (χ4n) is 1.01. The lowest BCUT2D eigenvalue weighted by molar-refractivity contribution is -0.142. The minimum Gasteiger partial charge on any atom is -0.480 e. The van der Waals surface area contributed by atoms with Gasteiger partial charge < -0.3 is 16.2 Å². The number of nitrogens with two attached hydrogens (primary N) is 1. The highest BCUT2D eigenvalue weighted by molar-refractivity contribution is 5.86. The van der Waals surface area contributed by atoms with E-state index in [2.05, 4.69) is 5.32 Å². The lowest BCUT2D eigenvalue weighted by Gasteiger charge is -2.16. The molecule has 0 spiro atoms. The van der Waals surface area contributed by atoms with Gasteiger partial charge in [0.05, 0.1) is 6.04 Å². The summed E-state index contributed by atoms with van der Waals surface area (Å²) in [4.78, 5) is 21.9. The molecule has 0 aromatic rings. The summed E-state index contributed by atoms with van der Waals surface area (Å²) in [5, 5.41) is 11.2. The van der Waals surface area contributed by atoms with Crippen molar-refractivity contribution < 1.29 is 14.7 Å². The second-order valence-corrected chi connectivity index (χ2v) is 3.20. The van der Waals surface area contributed by atoms with Gasteiger partial charge >= 0.3 is 5.97 Å². The van der Waals surface area contributed by atoms with Gasteiger partial charge in [-0.1, -0.05) is 20.3 Å². The van der Waals surface area contributed by atoms with Crippen LogP contribution in [0.2, 0.25) is 0 Å². The molecule has 82 valence electrons. The Hall–Kier alpha value is -1.10. The van der Waals surface area contributed by atoms with Crippen LogP contribution in [0.5, 0.6) is 0 Å². The summed E-state index contributed by atoms with van der Waals surface area (Å²) in [5.41, 5.74) is 5.46. The Morgan fingerprint density at radius 1 is 1.43 bits per heavy atom.